The number of rotatable bonds is 2. The molecule has 0 unspecified atom stereocenters. The fraction of sp³-hybridized carbons (Fsp3) is 0.222. The van der Waals surface area contributed by atoms with Crippen LogP contribution in [0, 0.1) is 6.07 Å². The summed E-state index contributed by atoms with van der Waals surface area (Å²) >= 11 is 0. The van der Waals surface area contributed by atoms with Gasteiger partial charge in [0.1, 0.15) is 0 Å². The Kier molecular flexibility index (Phi) is 5.43. The van der Waals surface area contributed by atoms with Crippen molar-refractivity contribution in [3.05, 3.63) is 35.9 Å². The fourth-order valence-corrected chi connectivity index (χ4v) is 0.735. The molecule has 1 aromatic rings. The first kappa shape index (κ1) is 11.2. The molecule has 0 aromatic heterocycles. The third-order valence-corrected chi connectivity index (χ3v) is 1.22. The predicted octanol–water partition coefficient (Wildman–Crippen LogP) is 1.66. The van der Waals surface area contributed by atoms with Gasteiger partial charge in [-0.15, -0.1) is 0 Å². The van der Waals surface area contributed by atoms with Gasteiger partial charge in [-0.3, -0.25) is 4.79 Å². The minimum atomic E-state index is -0.288. The largest absolute Gasteiger partial charge is 1.00 e. The molecule has 1 rings (SSSR count). The molecule has 1 aromatic carbocycles. The third-order valence-electron chi connectivity index (χ3n) is 1.22. The van der Waals surface area contributed by atoms with E-state index in [1.54, 1.807) is 31.2 Å². The van der Waals surface area contributed by atoms with Crippen LogP contribution in [0.2, 0.25) is 0 Å². The van der Waals surface area contributed by atoms with Crippen molar-refractivity contribution in [2.75, 3.05) is 6.61 Å². The first-order valence-electron chi connectivity index (χ1n) is 3.48. The van der Waals surface area contributed by atoms with Gasteiger partial charge >= 0.3 is 17.1 Å². The maximum absolute atomic E-state index is 11.0. The second-order valence-corrected chi connectivity index (χ2v) is 2.01. The molecule has 0 heterocycles. The zero-order valence-corrected chi connectivity index (χ0v) is 7.58. The van der Waals surface area contributed by atoms with E-state index in [1.807, 2.05) is 0 Å². The summed E-state index contributed by atoms with van der Waals surface area (Å²) in [6, 6.07) is 9.61. The van der Waals surface area contributed by atoms with E-state index in [2.05, 4.69) is 6.07 Å². The number of carbonyl (C=O) groups is 1. The summed E-state index contributed by atoms with van der Waals surface area (Å²) in [5.41, 5.74) is 0.550. The number of benzene rings is 1. The molecule has 0 fully saturated rings. The van der Waals surface area contributed by atoms with E-state index in [-0.39, 0.29) is 23.0 Å². The molecule has 3 heteroatoms. The summed E-state index contributed by atoms with van der Waals surface area (Å²) in [5, 5.41) is 0. The minimum Gasteiger partial charge on any atom is -0.472 e. The number of esters is 1. The molecule has 0 saturated heterocycles. The Labute approximate surface area is 82.4 Å². The smallest absolute Gasteiger partial charge is 0.472 e. The Bertz CT molecular complexity index is 234. The molecule has 0 aliphatic heterocycles. The van der Waals surface area contributed by atoms with Crippen LogP contribution in [0.15, 0.2) is 24.3 Å². The monoisotopic (exact) mass is 212 g/mol. The summed E-state index contributed by atoms with van der Waals surface area (Å²) in [7, 11) is 0. The van der Waals surface area contributed by atoms with Crippen molar-refractivity contribution in [1.29, 1.82) is 0 Å². The van der Waals surface area contributed by atoms with Crippen LogP contribution in [-0.2, 0) is 21.8 Å². The van der Waals surface area contributed by atoms with Crippen molar-refractivity contribution >= 4 is 5.97 Å². The molecule has 0 amide bonds. The average molecular weight is 213 g/mol. The third kappa shape index (κ3) is 3.07. The molecule has 2 nitrogen and oxygen atoms in total. The van der Waals surface area contributed by atoms with E-state index in [4.69, 9.17) is 4.74 Å². The van der Waals surface area contributed by atoms with Crippen LogP contribution < -0.4 is 0 Å². The molecule has 0 aliphatic rings. The Morgan fingerprint density at radius 1 is 1.67 bits per heavy atom. The summed E-state index contributed by atoms with van der Waals surface area (Å²) in [5.74, 6) is -0.288. The Hall–Kier alpha value is -0.791. The normalized spacial score (nSPS) is 8.42. The summed E-state index contributed by atoms with van der Waals surface area (Å²) in [4.78, 5) is 11.0. The number of hydrogen-bond acceptors (Lipinski definition) is 2. The molecule has 0 atom stereocenters. The van der Waals surface area contributed by atoms with Gasteiger partial charge in [0.15, 0.2) is 0 Å². The van der Waals surface area contributed by atoms with Crippen LogP contribution in [-0.4, -0.2) is 12.6 Å². The van der Waals surface area contributed by atoms with Crippen molar-refractivity contribution < 1.29 is 26.6 Å². The molecule has 0 radical (unpaired) electrons. The maximum atomic E-state index is 11.0. The van der Waals surface area contributed by atoms with Gasteiger partial charge in [-0.1, -0.05) is 5.56 Å². The van der Waals surface area contributed by atoms with Crippen LogP contribution >= 0.6 is 0 Å². The van der Waals surface area contributed by atoms with E-state index < -0.39 is 0 Å². The molecule has 0 saturated carbocycles. The van der Waals surface area contributed by atoms with E-state index in [1.165, 1.54) is 0 Å². The first-order valence-corrected chi connectivity index (χ1v) is 3.48. The molecule has 0 aliphatic carbocycles. The van der Waals surface area contributed by atoms with Gasteiger partial charge in [-0.2, -0.15) is 30.3 Å². The maximum Gasteiger partial charge on any atom is 1.00 e. The van der Waals surface area contributed by atoms with Crippen LogP contribution in [0.1, 0.15) is 17.3 Å². The van der Waals surface area contributed by atoms with Crippen molar-refractivity contribution in [2.24, 2.45) is 0 Å². The Morgan fingerprint density at radius 3 is 2.92 bits per heavy atom. The minimum absolute atomic E-state index is 0. The second kappa shape index (κ2) is 5.81. The second-order valence-electron chi connectivity index (χ2n) is 2.01. The van der Waals surface area contributed by atoms with Gasteiger partial charge in [-0.05, 0) is 6.92 Å². The molecule has 0 bridgehead atoms. The first-order chi connectivity index (χ1) is 5.34. The van der Waals surface area contributed by atoms with Crippen LogP contribution in [0.3, 0.4) is 0 Å². The molecule has 68 valence electrons. The molecule has 12 heavy (non-hydrogen) atoms. The average Bonchev–Trinajstić information content (AvgIpc) is 2.07. The quantitative estimate of drug-likeness (QED) is 0.424. The van der Waals surface area contributed by atoms with Gasteiger partial charge in [0.25, 0.3) is 5.97 Å². The Morgan fingerprint density at radius 2 is 2.42 bits per heavy atom. The standard InChI is InChI=1S/C9H9O2.Cu/c1-2-11-9(10)8-6-4-3-5-7-8;/h3-4,6-7H,2H2,1H3;/q-1;+1. The molecule has 0 N–H and O–H groups in total. The zero-order chi connectivity index (χ0) is 8.10. The van der Waals surface area contributed by atoms with Gasteiger partial charge in [0.05, 0.1) is 6.61 Å². The van der Waals surface area contributed by atoms with E-state index in [0.717, 1.165) is 0 Å². The summed E-state index contributed by atoms with van der Waals surface area (Å²) in [6.45, 7) is 2.19. The van der Waals surface area contributed by atoms with Crippen molar-refractivity contribution in [3.8, 4) is 0 Å². The summed E-state index contributed by atoms with van der Waals surface area (Å²) in [6.07, 6.45) is 0. The van der Waals surface area contributed by atoms with Crippen molar-refractivity contribution in [2.45, 2.75) is 6.92 Å². The zero-order valence-electron chi connectivity index (χ0n) is 6.63. The Balaban J connectivity index is 0.00000121. The van der Waals surface area contributed by atoms with Crippen LogP contribution in [0.25, 0.3) is 0 Å². The number of carbonyl (C=O) groups excluding carboxylic acids is 1. The van der Waals surface area contributed by atoms with Crippen LogP contribution in [0.4, 0.5) is 0 Å². The van der Waals surface area contributed by atoms with Gasteiger partial charge < -0.3 is 4.74 Å². The van der Waals surface area contributed by atoms with Crippen LogP contribution in [0.5, 0.6) is 0 Å². The van der Waals surface area contributed by atoms with E-state index >= 15 is 0 Å². The van der Waals surface area contributed by atoms with Gasteiger partial charge in [-0.25, -0.2) is 0 Å². The molecular formula is C9H9CuO2. The number of ether oxygens (including phenoxy) is 1. The van der Waals surface area contributed by atoms with Crippen molar-refractivity contribution in [3.63, 3.8) is 0 Å². The SMILES string of the molecule is CCOC(=O)c1c[c-]ccc1.[Cu+]. The fourth-order valence-electron chi connectivity index (χ4n) is 0.735. The van der Waals surface area contributed by atoms with Gasteiger partial charge in [0, 0.05) is 0 Å². The van der Waals surface area contributed by atoms with Crippen molar-refractivity contribution in [1.82, 2.24) is 0 Å². The summed E-state index contributed by atoms with van der Waals surface area (Å²) < 4.78 is 4.77. The predicted molar refractivity (Wildman–Crippen MR) is 41.2 cm³/mol. The van der Waals surface area contributed by atoms with Gasteiger partial charge in [0.2, 0.25) is 0 Å². The molecule has 0 spiro atoms. The topological polar surface area (TPSA) is 26.3 Å². The van der Waals surface area contributed by atoms with E-state index in [9.17, 15) is 4.79 Å². The van der Waals surface area contributed by atoms with E-state index in [0.29, 0.717) is 12.2 Å². The molecular weight excluding hydrogens is 204 g/mol. The number of hydrogen-bond donors (Lipinski definition) is 0.